The van der Waals surface area contributed by atoms with E-state index < -0.39 is 0 Å². The predicted octanol–water partition coefficient (Wildman–Crippen LogP) is 3.19. The first-order valence-corrected chi connectivity index (χ1v) is 16.2. The highest BCUT2D eigenvalue weighted by atomic mass is 16.5. The minimum atomic E-state index is -0.136. The van der Waals surface area contributed by atoms with Crippen LogP contribution in [-0.2, 0) is 21.4 Å². The number of benzene rings is 2. The molecule has 0 bridgehead atoms. The summed E-state index contributed by atoms with van der Waals surface area (Å²) in [6, 6.07) is 14.4. The van der Waals surface area contributed by atoms with Crippen LogP contribution in [0.5, 0.6) is 0 Å². The average molecular weight is 624 g/mol. The monoisotopic (exact) mass is 623 g/mol. The summed E-state index contributed by atoms with van der Waals surface area (Å²) >= 11 is 0. The lowest BCUT2D eigenvalue weighted by molar-refractivity contribution is -0.132. The third-order valence-corrected chi connectivity index (χ3v) is 9.39. The molecule has 1 N–H and O–H groups in total. The smallest absolute Gasteiger partial charge is 0.237 e. The van der Waals surface area contributed by atoms with Crippen LogP contribution in [0.4, 0.5) is 11.5 Å². The van der Waals surface area contributed by atoms with Gasteiger partial charge in [-0.2, -0.15) is 10.2 Å². The number of likely N-dealkylation sites (tertiary alicyclic amines) is 1. The standard InChI is InChI=1S/C34H41N9O3/c1-3-43(28-8-9-30-29(20-28)33(37-36-30)42-16-18-46-19-17-42)34(45)27-10-13-40(21-27)22-31(44)41-14-11-25(12-15-41)24-4-6-26(7-5-24)32-35-23-39(2)38-32/h4-9,11,20,23,27H,3,10,12-19,21-22H2,1-2H3,(H,36,37). The van der Waals surface area contributed by atoms with Crippen LogP contribution in [0, 0.1) is 5.92 Å². The van der Waals surface area contributed by atoms with Crippen molar-refractivity contribution in [3.63, 3.8) is 0 Å². The van der Waals surface area contributed by atoms with Gasteiger partial charge < -0.3 is 19.4 Å². The Balaban J connectivity index is 0.941. The van der Waals surface area contributed by atoms with Gasteiger partial charge in [0.05, 0.1) is 31.2 Å². The molecule has 240 valence electrons. The van der Waals surface area contributed by atoms with Gasteiger partial charge in [-0.05, 0) is 55.6 Å². The highest BCUT2D eigenvalue weighted by Gasteiger charge is 2.33. The zero-order valence-corrected chi connectivity index (χ0v) is 26.6. The Morgan fingerprint density at radius 1 is 1.04 bits per heavy atom. The van der Waals surface area contributed by atoms with Crippen LogP contribution in [0.3, 0.4) is 0 Å². The van der Waals surface area contributed by atoms with E-state index in [0.717, 1.165) is 66.0 Å². The number of hydrogen-bond donors (Lipinski definition) is 1. The van der Waals surface area contributed by atoms with Gasteiger partial charge in [0.1, 0.15) is 6.33 Å². The first-order valence-electron chi connectivity index (χ1n) is 16.2. The first-order chi connectivity index (χ1) is 22.5. The quantitative estimate of drug-likeness (QED) is 0.318. The molecule has 4 aromatic rings. The molecule has 0 radical (unpaired) electrons. The summed E-state index contributed by atoms with van der Waals surface area (Å²) in [5, 5.41) is 13.1. The lowest BCUT2D eigenvalue weighted by atomic mass is 9.98. The van der Waals surface area contributed by atoms with Crippen LogP contribution in [0.1, 0.15) is 25.3 Å². The van der Waals surface area contributed by atoms with Crippen LogP contribution in [0.25, 0.3) is 27.9 Å². The fourth-order valence-corrected chi connectivity index (χ4v) is 6.79. The van der Waals surface area contributed by atoms with Crippen LogP contribution in [0.15, 0.2) is 54.9 Å². The number of aromatic amines is 1. The third kappa shape index (κ3) is 6.14. The Morgan fingerprint density at radius 2 is 1.85 bits per heavy atom. The molecule has 5 heterocycles. The largest absolute Gasteiger partial charge is 0.378 e. The minimum absolute atomic E-state index is 0.114. The Morgan fingerprint density at radius 3 is 2.57 bits per heavy atom. The number of H-pyrrole nitrogens is 1. The van der Waals surface area contributed by atoms with Crippen molar-refractivity contribution in [2.24, 2.45) is 13.0 Å². The second-order valence-electron chi connectivity index (χ2n) is 12.3. The van der Waals surface area contributed by atoms with Crippen molar-refractivity contribution in [2.45, 2.75) is 19.8 Å². The summed E-state index contributed by atoms with van der Waals surface area (Å²) in [5.41, 5.74) is 5.23. The number of rotatable bonds is 8. The highest BCUT2D eigenvalue weighted by Crippen LogP contribution is 2.31. The molecule has 0 spiro atoms. The molecule has 46 heavy (non-hydrogen) atoms. The van der Waals surface area contributed by atoms with Gasteiger partial charge in [0, 0.05) is 63.0 Å². The molecule has 3 aliphatic rings. The van der Waals surface area contributed by atoms with Gasteiger partial charge in [0.15, 0.2) is 11.6 Å². The van der Waals surface area contributed by atoms with E-state index in [0.29, 0.717) is 51.8 Å². The number of fused-ring (bicyclic) bond motifs is 1. The van der Waals surface area contributed by atoms with Crippen molar-refractivity contribution < 1.29 is 14.3 Å². The summed E-state index contributed by atoms with van der Waals surface area (Å²) in [4.78, 5) is 39.6. The fourth-order valence-electron chi connectivity index (χ4n) is 6.79. The van der Waals surface area contributed by atoms with E-state index in [1.807, 2.05) is 48.0 Å². The second-order valence-corrected chi connectivity index (χ2v) is 12.3. The lowest BCUT2D eigenvalue weighted by Crippen LogP contribution is -2.42. The summed E-state index contributed by atoms with van der Waals surface area (Å²) in [5.74, 6) is 1.72. The van der Waals surface area contributed by atoms with E-state index in [1.165, 1.54) is 5.57 Å². The molecule has 2 amide bonds. The van der Waals surface area contributed by atoms with Crippen molar-refractivity contribution in [2.75, 3.05) is 75.4 Å². The summed E-state index contributed by atoms with van der Waals surface area (Å²) < 4.78 is 7.21. The molecule has 2 aromatic heterocycles. The van der Waals surface area contributed by atoms with Crippen LogP contribution < -0.4 is 9.80 Å². The van der Waals surface area contributed by atoms with E-state index in [-0.39, 0.29) is 17.7 Å². The maximum absolute atomic E-state index is 13.8. The number of amides is 2. The van der Waals surface area contributed by atoms with Gasteiger partial charge in [-0.3, -0.25) is 24.3 Å². The van der Waals surface area contributed by atoms with Crippen molar-refractivity contribution in [3.05, 3.63) is 60.4 Å². The van der Waals surface area contributed by atoms with E-state index in [1.54, 1.807) is 11.0 Å². The highest BCUT2D eigenvalue weighted by molar-refractivity contribution is 5.99. The fraction of sp³-hybridized carbons (Fsp3) is 0.441. The molecule has 2 saturated heterocycles. The van der Waals surface area contributed by atoms with Gasteiger partial charge >= 0.3 is 0 Å². The summed E-state index contributed by atoms with van der Waals surface area (Å²) in [6.45, 7) is 8.53. The molecule has 12 nitrogen and oxygen atoms in total. The zero-order chi connectivity index (χ0) is 31.6. The van der Waals surface area contributed by atoms with Gasteiger partial charge in [-0.25, -0.2) is 4.98 Å². The van der Waals surface area contributed by atoms with Crippen molar-refractivity contribution >= 4 is 39.8 Å². The van der Waals surface area contributed by atoms with Gasteiger partial charge in [-0.15, -0.1) is 0 Å². The molecule has 0 saturated carbocycles. The number of hydrogen-bond acceptors (Lipinski definition) is 8. The van der Waals surface area contributed by atoms with Crippen molar-refractivity contribution in [1.82, 2.24) is 34.8 Å². The number of anilines is 2. The number of carbonyl (C=O) groups is 2. The normalized spacial score (nSPS) is 19.1. The topological polar surface area (TPSA) is 116 Å². The molecule has 0 aliphatic carbocycles. The molecule has 2 aromatic carbocycles. The minimum Gasteiger partial charge on any atom is -0.378 e. The average Bonchev–Trinajstić information content (AvgIpc) is 3.86. The van der Waals surface area contributed by atoms with Crippen LogP contribution >= 0.6 is 0 Å². The van der Waals surface area contributed by atoms with Crippen LogP contribution in [0.2, 0.25) is 0 Å². The number of nitrogens with one attached hydrogen (secondary N) is 1. The Labute approximate surface area is 268 Å². The first kappa shape index (κ1) is 30.1. The van der Waals surface area contributed by atoms with E-state index in [4.69, 9.17) is 4.74 Å². The number of carbonyl (C=O) groups excluding carboxylic acids is 2. The summed E-state index contributed by atoms with van der Waals surface area (Å²) in [6.07, 6.45) is 5.42. The molecular formula is C34H41N9O3. The van der Waals surface area contributed by atoms with Crippen LogP contribution in [-0.4, -0.2) is 112 Å². The zero-order valence-electron chi connectivity index (χ0n) is 26.6. The molecule has 1 atom stereocenters. The maximum Gasteiger partial charge on any atom is 0.237 e. The molecule has 7 rings (SSSR count). The number of aryl methyl sites for hydroxylation is 1. The predicted molar refractivity (Wildman–Crippen MR) is 177 cm³/mol. The Bertz CT molecular complexity index is 1740. The summed E-state index contributed by atoms with van der Waals surface area (Å²) in [7, 11) is 1.86. The van der Waals surface area contributed by atoms with Crippen molar-refractivity contribution in [1.29, 1.82) is 0 Å². The Hall–Kier alpha value is -4.55. The molecule has 1 unspecified atom stereocenters. The maximum atomic E-state index is 13.8. The third-order valence-electron chi connectivity index (χ3n) is 9.39. The van der Waals surface area contributed by atoms with Gasteiger partial charge in [0.2, 0.25) is 11.8 Å². The molecular weight excluding hydrogens is 582 g/mol. The number of nitrogens with zero attached hydrogens (tertiary/aromatic N) is 8. The van der Waals surface area contributed by atoms with E-state index in [9.17, 15) is 9.59 Å². The molecule has 12 heteroatoms. The Kier molecular flexibility index (Phi) is 8.55. The number of aromatic nitrogens is 5. The van der Waals surface area contributed by atoms with Gasteiger partial charge in [-0.1, -0.05) is 30.3 Å². The number of morpholine rings is 1. The van der Waals surface area contributed by atoms with E-state index in [2.05, 4.69) is 54.4 Å². The molecule has 3 aliphatic heterocycles. The second kappa shape index (κ2) is 13.1. The molecule has 2 fully saturated rings. The van der Waals surface area contributed by atoms with E-state index >= 15 is 0 Å². The lowest BCUT2D eigenvalue weighted by Gasteiger charge is -2.29. The number of ether oxygens (including phenoxy) is 1. The van der Waals surface area contributed by atoms with Gasteiger partial charge in [0.25, 0.3) is 0 Å². The SMILES string of the molecule is CCN(C(=O)C1CCN(CC(=O)N2CC=C(c3ccc(-c4ncn(C)n4)cc3)CC2)C1)c1ccc2[nH]nc(N3CCOCC3)c2c1. The van der Waals surface area contributed by atoms with Crippen molar-refractivity contribution in [3.8, 4) is 11.4 Å².